The van der Waals surface area contributed by atoms with Gasteiger partial charge in [0.25, 0.3) is 0 Å². The maximum atomic E-state index is 13.1. The first-order valence-electron chi connectivity index (χ1n) is 11.0. The van der Waals surface area contributed by atoms with E-state index in [9.17, 15) is 13.2 Å². The minimum Gasteiger partial charge on any atom is -0.492 e. The van der Waals surface area contributed by atoms with Crippen molar-refractivity contribution >= 4 is 21.6 Å². The summed E-state index contributed by atoms with van der Waals surface area (Å²) in [6.45, 7) is 9.73. The van der Waals surface area contributed by atoms with Gasteiger partial charge in [0.15, 0.2) is 0 Å². The van der Waals surface area contributed by atoms with E-state index >= 15 is 0 Å². The van der Waals surface area contributed by atoms with Gasteiger partial charge in [0.05, 0.1) is 35.1 Å². The molecule has 0 spiro atoms. The fourth-order valence-corrected chi connectivity index (χ4v) is 4.68. The number of carbonyl (C=O) groups excluding carboxylic acids is 1. The molecule has 0 radical (unpaired) electrons. The standard InChI is InChI=1S/C24H30N4O5S/c1-6-28-22(15-25-24(28)33-19-10-8-16(3)9-11-19)17(4)27-34(30,31)20-12-13-23(32-7-2)21(14-20)26-18(5)29/h8-15,17,27H,6-7H2,1-5H3,(H,26,29). The van der Waals surface area contributed by atoms with Gasteiger partial charge in [0.1, 0.15) is 11.5 Å². The number of sulfonamides is 1. The highest BCUT2D eigenvalue weighted by atomic mass is 32.2. The fourth-order valence-electron chi connectivity index (χ4n) is 3.43. The van der Waals surface area contributed by atoms with Gasteiger partial charge in [0.2, 0.25) is 15.9 Å². The minimum absolute atomic E-state index is 0.00486. The van der Waals surface area contributed by atoms with E-state index in [1.165, 1.54) is 25.1 Å². The molecule has 1 atom stereocenters. The summed E-state index contributed by atoms with van der Waals surface area (Å²) >= 11 is 0. The second-order valence-electron chi connectivity index (χ2n) is 7.74. The van der Waals surface area contributed by atoms with Gasteiger partial charge < -0.3 is 14.8 Å². The first-order chi connectivity index (χ1) is 16.1. The van der Waals surface area contributed by atoms with Crippen molar-refractivity contribution in [3.8, 4) is 17.5 Å². The van der Waals surface area contributed by atoms with E-state index in [0.29, 0.717) is 36.4 Å². The Hall–Kier alpha value is -3.37. The lowest BCUT2D eigenvalue weighted by Crippen LogP contribution is -2.28. The van der Waals surface area contributed by atoms with Crippen molar-refractivity contribution < 1.29 is 22.7 Å². The van der Waals surface area contributed by atoms with Crippen molar-refractivity contribution in [2.75, 3.05) is 11.9 Å². The first kappa shape index (κ1) is 25.3. The van der Waals surface area contributed by atoms with Crippen LogP contribution in [0, 0.1) is 6.92 Å². The van der Waals surface area contributed by atoms with Crippen LogP contribution in [-0.2, 0) is 21.4 Å². The summed E-state index contributed by atoms with van der Waals surface area (Å²) in [7, 11) is -3.92. The summed E-state index contributed by atoms with van der Waals surface area (Å²) < 4.78 is 42.1. The monoisotopic (exact) mass is 486 g/mol. The van der Waals surface area contributed by atoms with Crippen LogP contribution < -0.4 is 19.5 Å². The number of carbonyl (C=O) groups is 1. The van der Waals surface area contributed by atoms with Crippen LogP contribution in [-0.4, -0.2) is 30.5 Å². The van der Waals surface area contributed by atoms with Gasteiger partial charge >= 0.3 is 6.01 Å². The van der Waals surface area contributed by atoms with Crippen LogP contribution >= 0.6 is 0 Å². The maximum absolute atomic E-state index is 13.1. The highest BCUT2D eigenvalue weighted by Gasteiger charge is 2.24. The highest BCUT2D eigenvalue weighted by molar-refractivity contribution is 7.89. The van der Waals surface area contributed by atoms with Crippen LogP contribution in [0.15, 0.2) is 53.6 Å². The average Bonchev–Trinajstić information content (AvgIpc) is 3.18. The van der Waals surface area contributed by atoms with Crippen LogP contribution in [0.1, 0.15) is 45.0 Å². The van der Waals surface area contributed by atoms with Crippen molar-refractivity contribution in [1.82, 2.24) is 14.3 Å². The number of hydrogen-bond acceptors (Lipinski definition) is 6. The highest BCUT2D eigenvalue weighted by Crippen LogP contribution is 2.30. The summed E-state index contributed by atoms with van der Waals surface area (Å²) in [6.07, 6.45) is 1.60. The number of nitrogens with one attached hydrogen (secondary N) is 2. The van der Waals surface area contributed by atoms with Gasteiger partial charge in [-0.05, 0) is 58.0 Å². The molecule has 1 aromatic heterocycles. The van der Waals surface area contributed by atoms with E-state index in [2.05, 4.69) is 15.0 Å². The number of benzene rings is 2. The average molecular weight is 487 g/mol. The molecule has 3 rings (SSSR count). The second kappa shape index (κ2) is 10.7. The number of rotatable bonds is 10. The number of ether oxygens (including phenoxy) is 2. The van der Waals surface area contributed by atoms with E-state index < -0.39 is 16.1 Å². The molecule has 0 bridgehead atoms. The molecule has 0 saturated carbocycles. The Morgan fingerprint density at radius 2 is 1.85 bits per heavy atom. The molecule has 1 unspecified atom stereocenters. The molecule has 1 heterocycles. The predicted molar refractivity (Wildman–Crippen MR) is 130 cm³/mol. The lowest BCUT2D eigenvalue weighted by Gasteiger charge is -2.18. The summed E-state index contributed by atoms with van der Waals surface area (Å²) in [6, 6.07) is 11.7. The largest absolute Gasteiger partial charge is 0.492 e. The Bertz CT molecular complexity index is 1250. The minimum atomic E-state index is -3.92. The predicted octanol–water partition coefficient (Wildman–Crippen LogP) is 4.40. The normalized spacial score (nSPS) is 12.3. The van der Waals surface area contributed by atoms with Gasteiger partial charge in [-0.3, -0.25) is 9.36 Å². The lowest BCUT2D eigenvalue weighted by atomic mass is 10.2. The molecule has 10 heteroatoms. The zero-order chi connectivity index (χ0) is 24.9. The quantitative estimate of drug-likeness (QED) is 0.439. The van der Waals surface area contributed by atoms with Gasteiger partial charge in [-0.25, -0.2) is 18.1 Å². The topological polar surface area (TPSA) is 112 Å². The van der Waals surface area contributed by atoms with Crippen molar-refractivity contribution in [1.29, 1.82) is 0 Å². The van der Waals surface area contributed by atoms with Crippen LogP contribution in [0.25, 0.3) is 0 Å². The summed E-state index contributed by atoms with van der Waals surface area (Å²) in [5.41, 5.74) is 2.06. The third-order valence-electron chi connectivity index (χ3n) is 5.04. The third-order valence-corrected chi connectivity index (χ3v) is 6.58. The molecule has 0 aliphatic rings. The molecular formula is C24H30N4O5S. The third kappa shape index (κ3) is 5.95. The molecular weight excluding hydrogens is 456 g/mol. The number of nitrogens with zero attached hydrogens (tertiary/aromatic N) is 2. The summed E-state index contributed by atoms with van der Waals surface area (Å²) in [4.78, 5) is 15.9. The maximum Gasteiger partial charge on any atom is 0.302 e. The molecule has 0 saturated heterocycles. The molecule has 182 valence electrons. The Morgan fingerprint density at radius 1 is 1.15 bits per heavy atom. The first-order valence-corrected chi connectivity index (χ1v) is 12.5. The molecule has 9 nitrogen and oxygen atoms in total. The van der Waals surface area contributed by atoms with Crippen molar-refractivity contribution in [2.45, 2.75) is 52.1 Å². The van der Waals surface area contributed by atoms with Crippen LogP contribution in [0.4, 0.5) is 5.69 Å². The molecule has 3 aromatic rings. The van der Waals surface area contributed by atoms with E-state index in [1.54, 1.807) is 20.0 Å². The fraction of sp³-hybridized carbons (Fsp3) is 0.333. The smallest absolute Gasteiger partial charge is 0.302 e. The Labute approximate surface area is 200 Å². The zero-order valence-corrected chi connectivity index (χ0v) is 20.8. The van der Waals surface area contributed by atoms with Crippen molar-refractivity contribution in [3.05, 3.63) is 59.9 Å². The second-order valence-corrected chi connectivity index (χ2v) is 9.45. The summed E-state index contributed by atoms with van der Waals surface area (Å²) in [5.74, 6) is 0.710. The number of aryl methyl sites for hydroxylation is 1. The molecule has 0 aliphatic carbocycles. The summed E-state index contributed by atoms with van der Waals surface area (Å²) in [5, 5.41) is 2.62. The van der Waals surface area contributed by atoms with Crippen LogP contribution in [0.5, 0.6) is 17.5 Å². The van der Waals surface area contributed by atoms with Crippen LogP contribution in [0.3, 0.4) is 0 Å². The molecule has 34 heavy (non-hydrogen) atoms. The number of aromatic nitrogens is 2. The molecule has 1 amide bonds. The molecule has 2 aromatic carbocycles. The van der Waals surface area contributed by atoms with E-state index in [-0.39, 0.29) is 16.5 Å². The number of amides is 1. The molecule has 0 fully saturated rings. The van der Waals surface area contributed by atoms with Crippen molar-refractivity contribution in [2.24, 2.45) is 0 Å². The van der Waals surface area contributed by atoms with Gasteiger partial charge in [-0.15, -0.1) is 0 Å². The lowest BCUT2D eigenvalue weighted by molar-refractivity contribution is -0.114. The van der Waals surface area contributed by atoms with Gasteiger partial charge in [-0.2, -0.15) is 0 Å². The Morgan fingerprint density at radius 3 is 2.47 bits per heavy atom. The molecule has 0 aliphatic heterocycles. The number of hydrogen-bond donors (Lipinski definition) is 2. The van der Waals surface area contributed by atoms with Crippen molar-refractivity contribution in [3.63, 3.8) is 0 Å². The molecule has 2 N–H and O–H groups in total. The zero-order valence-electron chi connectivity index (χ0n) is 20.0. The number of imidazole rings is 1. The number of anilines is 1. The SMILES string of the molecule is CCOc1ccc(S(=O)(=O)NC(C)c2cnc(Oc3ccc(C)cc3)n2CC)cc1NC(C)=O. The Balaban J connectivity index is 1.84. The Kier molecular flexibility index (Phi) is 7.95. The van der Waals surface area contributed by atoms with Gasteiger partial charge in [0, 0.05) is 13.5 Å². The van der Waals surface area contributed by atoms with Crippen LogP contribution in [0.2, 0.25) is 0 Å². The van der Waals surface area contributed by atoms with E-state index in [4.69, 9.17) is 9.47 Å². The van der Waals surface area contributed by atoms with E-state index in [0.717, 1.165) is 5.56 Å². The van der Waals surface area contributed by atoms with Gasteiger partial charge in [-0.1, -0.05) is 17.7 Å². The van der Waals surface area contributed by atoms with E-state index in [1.807, 2.05) is 42.7 Å².